The molecule has 0 bridgehead atoms. The summed E-state index contributed by atoms with van der Waals surface area (Å²) in [6, 6.07) is 5.89. The fourth-order valence-electron chi connectivity index (χ4n) is 2.17. The number of rotatable bonds is 2. The number of morpholine rings is 1. The molecule has 88 valence electrons. The number of aromatic nitrogens is 2. The van der Waals surface area contributed by atoms with Crippen LogP contribution in [0.25, 0.3) is 5.52 Å². The molecule has 3 heterocycles. The number of nitrogens with zero attached hydrogens (tertiary/aromatic N) is 3. The van der Waals surface area contributed by atoms with Crippen molar-refractivity contribution in [2.45, 2.75) is 0 Å². The molecule has 0 spiro atoms. The molecule has 0 unspecified atom stereocenters. The number of hydrogen-bond acceptors (Lipinski definition) is 4. The smallest absolute Gasteiger partial charge is 0.170 e. The second kappa shape index (κ2) is 4.18. The number of anilines is 1. The monoisotopic (exact) mass is 231 g/mol. The topological polar surface area (TPSA) is 46.8 Å². The molecule has 5 heteroatoms. The Morgan fingerprint density at radius 1 is 1.29 bits per heavy atom. The highest BCUT2D eigenvalue weighted by atomic mass is 16.5. The van der Waals surface area contributed by atoms with Gasteiger partial charge in [0.1, 0.15) is 17.8 Å². The molecule has 17 heavy (non-hydrogen) atoms. The van der Waals surface area contributed by atoms with E-state index in [9.17, 15) is 4.79 Å². The minimum absolute atomic E-state index is 0.486. The van der Waals surface area contributed by atoms with Gasteiger partial charge in [-0.15, -0.1) is 0 Å². The van der Waals surface area contributed by atoms with Gasteiger partial charge < -0.3 is 9.64 Å². The summed E-state index contributed by atoms with van der Waals surface area (Å²) in [7, 11) is 0. The molecule has 0 saturated carbocycles. The predicted octanol–water partition coefficient (Wildman–Crippen LogP) is 0.983. The molecule has 3 rings (SSSR count). The first-order valence-corrected chi connectivity index (χ1v) is 5.64. The lowest BCUT2D eigenvalue weighted by molar-refractivity contribution is 0.112. The number of imidazole rings is 1. The summed E-state index contributed by atoms with van der Waals surface area (Å²) in [4.78, 5) is 17.2. The third kappa shape index (κ3) is 1.68. The maximum absolute atomic E-state index is 10.9. The second-order valence-corrected chi connectivity index (χ2v) is 3.99. The number of hydrogen-bond donors (Lipinski definition) is 0. The fourth-order valence-corrected chi connectivity index (χ4v) is 2.17. The molecule has 1 saturated heterocycles. The van der Waals surface area contributed by atoms with Crippen molar-refractivity contribution < 1.29 is 9.53 Å². The van der Waals surface area contributed by atoms with Gasteiger partial charge in [-0.1, -0.05) is 6.07 Å². The zero-order valence-electron chi connectivity index (χ0n) is 9.37. The fraction of sp³-hybridized carbons (Fsp3) is 0.333. The molecular formula is C12H13N3O2. The third-order valence-electron chi connectivity index (χ3n) is 3.03. The Balaban J connectivity index is 2.09. The first-order chi connectivity index (χ1) is 8.40. The van der Waals surface area contributed by atoms with E-state index in [0.29, 0.717) is 5.69 Å². The van der Waals surface area contributed by atoms with Crippen LogP contribution in [0, 0.1) is 0 Å². The number of carbonyl (C=O) groups excluding carboxylic acids is 1. The van der Waals surface area contributed by atoms with E-state index in [-0.39, 0.29) is 0 Å². The van der Waals surface area contributed by atoms with Gasteiger partial charge in [0.05, 0.1) is 18.7 Å². The van der Waals surface area contributed by atoms with Crippen LogP contribution in [0.3, 0.4) is 0 Å². The molecule has 0 aliphatic carbocycles. The van der Waals surface area contributed by atoms with Crippen LogP contribution in [0.15, 0.2) is 24.5 Å². The van der Waals surface area contributed by atoms with E-state index < -0.39 is 0 Å². The summed E-state index contributed by atoms with van der Waals surface area (Å²) in [5, 5.41) is 0. The van der Waals surface area contributed by atoms with Gasteiger partial charge in [0.2, 0.25) is 0 Å². The first-order valence-electron chi connectivity index (χ1n) is 5.64. The first kappa shape index (κ1) is 10.3. The Hall–Kier alpha value is -1.88. The number of ether oxygens (including phenoxy) is 1. The van der Waals surface area contributed by atoms with Crippen LogP contribution in [0.4, 0.5) is 5.82 Å². The average Bonchev–Trinajstić information content (AvgIpc) is 2.82. The summed E-state index contributed by atoms with van der Waals surface area (Å²) in [5.74, 6) is 1.06. The average molecular weight is 231 g/mol. The summed E-state index contributed by atoms with van der Waals surface area (Å²) < 4.78 is 7.29. The van der Waals surface area contributed by atoms with Crippen LogP contribution >= 0.6 is 0 Å². The number of pyridine rings is 1. The summed E-state index contributed by atoms with van der Waals surface area (Å²) >= 11 is 0. The van der Waals surface area contributed by atoms with Crippen molar-refractivity contribution in [1.82, 2.24) is 9.38 Å². The lowest BCUT2D eigenvalue weighted by atomic mass is 10.3. The standard InChI is InChI=1S/C12H13N3O2/c16-8-10-11-2-1-3-12(15(11)9-13-10)14-4-6-17-7-5-14/h1-3,8-9H,4-7H2. The van der Waals surface area contributed by atoms with Crippen molar-refractivity contribution in [2.24, 2.45) is 0 Å². The van der Waals surface area contributed by atoms with Crippen molar-refractivity contribution in [2.75, 3.05) is 31.2 Å². The quantitative estimate of drug-likeness (QED) is 0.723. The summed E-state index contributed by atoms with van der Waals surface area (Å²) in [6.07, 6.45) is 2.49. The maximum Gasteiger partial charge on any atom is 0.170 e. The molecule has 2 aromatic heterocycles. The van der Waals surface area contributed by atoms with Gasteiger partial charge in [-0.05, 0) is 12.1 Å². The van der Waals surface area contributed by atoms with Gasteiger partial charge in [0.15, 0.2) is 6.29 Å². The molecule has 5 nitrogen and oxygen atoms in total. The summed E-state index contributed by atoms with van der Waals surface area (Å²) in [6.45, 7) is 3.22. The van der Waals surface area contributed by atoms with Gasteiger partial charge in [-0.25, -0.2) is 4.98 Å². The third-order valence-corrected chi connectivity index (χ3v) is 3.03. The van der Waals surface area contributed by atoms with Gasteiger partial charge >= 0.3 is 0 Å². The highest BCUT2D eigenvalue weighted by Crippen LogP contribution is 2.19. The van der Waals surface area contributed by atoms with E-state index in [1.165, 1.54) is 0 Å². The lowest BCUT2D eigenvalue weighted by Gasteiger charge is -2.29. The zero-order valence-corrected chi connectivity index (χ0v) is 9.37. The van der Waals surface area contributed by atoms with Crippen molar-refractivity contribution in [1.29, 1.82) is 0 Å². The van der Waals surface area contributed by atoms with E-state index in [2.05, 4.69) is 9.88 Å². The Bertz CT molecular complexity index is 544. The van der Waals surface area contributed by atoms with Crippen molar-refractivity contribution in [3.63, 3.8) is 0 Å². The van der Waals surface area contributed by atoms with E-state index in [0.717, 1.165) is 43.9 Å². The highest BCUT2D eigenvalue weighted by Gasteiger charge is 2.14. The van der Waals surface area contributed by atoms with Crippen LogP contribution < -0.4 is 4.90 Å². The molecular weight excluding hydrogens is 218 g/mol. The van der Waals surface area contributed by atoms with Crippen LogP contribution in [-0.4, -0.2) is 42.0 Å². The van der Waals surface area contributed by atoms with E-state index in [1.54, 1.807) is 6.33 Å². The van der Waals surface area contributed by atoms with Gasteiger partial charge in [-0.2, -0.15) is 0 Å². The minimum Gasteiger partial charge on any atom is -0.378 e. The highest BCUT2D eigenvalue weighted by molar-refractivity contribution is 5.84. The number of aldehydes is 1. The van der Waals surface area contributed by atoms with Gasteiger partial charge in [0.25, 0.3) is 0 Å². The molecule has 2 aromatic rings. The van der Waals surface area contributed by atoms with Crippen LogP contribution in [0.1, 0.15) is 10.5 Å². The Labute approximate surface area is 98.6 Å². The molecule has 1 aliphatic heterocycles. The SMILES string of the molecule is O=Cc1ncn2c(N3CCOCC3)cccc12. The number of fused-ring (bicyclic) bond motifs is 1. The van der Waals surface area contributed by atoms with Gasteiger partial charge in [-0.3, -0.25) is 9.20 Å². The molecule has 0 radical (unpaired) electrons. The molecule has 1 aliphatic rings. The molecule has 1 fully saturated rings. The summed E-state index contributed by atoms with van der Waals surface area (Å²) in [5.41, 5.74) is 1.34. The maximum atomic E-state index is 10.9. The zero-order chi connectivity index (χ0) is 11.7. The van der Waals surface area contributed by atoms with E-state index in [4.69, 9.17) is 4.74 Å². The van der Waals surface area contributed by atoms with Crippen molar-refractivity contribution in [3.05, 3.63) is 30.2 Å². The normalized spacial score (nSPS) is 16.4. The van der Waals surface area contributed by atoms with E-state index >= 15 is 0 Å². The minimum atomic E-state index is 0.486. The number of carbonyl (C=O) groups is 1. The lowest BCUT2D eigenvalue weighted by Crippen LogP contribution is -2.37. The molecule has 0 N–H and O–H groups in total. The molecule has 0 atom stereocenters. The Morgan fingerprint density at radius 2 is 2.12 bits per heavy atom. The van der Waals surface area contributed by atoms with Crippen LogP contribution in [-0.2, 0) is 4.74 Å². The predicted molar refractivity (Wildman–Crippen MR) is 63.6 cm³/mol. The van der Waals surface area contributed by atoms with Crippen LogP contribution in [0.5, 0.6) is 0 Å². The molecule has 0 amide bonds. The largest absolute Gasteiger partial charge is 0.378 e. The van der Waals surface area contributed by atoms with Crippen LogP contribution in [0.2, 0.25) is 0 Å². The molecule has 0 aromatic carbocycles. The second-order valence-electron chi connectivity index (χ2n) is 3.99. The van der Waals surface area contributed by atoms with Crippen molar-refractivity contribution >= 4 is 17.6 Å². The Morgan fingerprint density at radius 3 is 2.88 bits per heavy atom. The van der Waals surface area contributed by atoms with Crippen molar-refractivity contribution in [3.8, 4) is 0 Å². The Kier molecular flexibility index (Phi) is 2.53. The van der Waals surface area contributed by atoms with Gasteiger partial charge in [0, 0.05) is 13.1 Å². The van der Waals surface area contributed by atoms with E-state index in [1.807, 2.05) is 22.6 Å².